The number of hydrogen-bond acceptors (Lipinski definition) is 6. The van der Waals surface area contributed by atoms with E-state index >= 15 is 0 Å². The van der Waals surface area contributed by atoms with Crippen LogP contribution in [0, 0.1) is 0 Å². The molecule has 6 nitrogen and oxygen atoms in total. The predicted molar refractivity (Wildman–Crippen MR) is 79.2 cm³/mol. The third kappa shape index (κ3) is 3.69. The fourth-order valence-corrected chi connectivity index (χ4v) is 2.59. The van der Waals surface area contributed by atoms with Gasteiger partial charge in [-0.2, -0.15) is 0 Å². The maximum absolute atomic E-state index is 12.2. The molecule has 6 heteroatoms. The molecule has 2 aliphatic heterocycles. The van der Waals surface area contributed by atoms with Crippen molar-refractivity contribution in [2.75, 3.05) is 39.5 Å². The van der Waals surface area contributed by atoms with Crippen LogP contribution in [0.2, 0.25) is 0 Å². The van der Waals surface area contributed by atoms with Gasteiger partial charge in [-0.15, -0.1) is 0 Å². The third-order valence-electron chi connectivity index (χ3n) is 3.71. The number of esters is 1. The number of ether oxygens (including phenoxy) is 4. The highest BCUT2D eigenvalue weighted by molar-refractivity contribution is 5.76. The highest BCUT2D eigenvalue weighted by atomic mass is 16.6. The van der Waals surface area contributed by atoms with E-state index in [0.717, 1.165) is 26.3 Å². The highest BCUT2D eigenvalue weighted by Crippen LogP contribution is 2.31. The van der Waals surface area contributed by atoms with Crippen LogP contribution in [0.1, 0.15) is 6.92 Å². The molecular formula is C16H21NO5. The Hall–Kier alpha value is -1.79. The maximum atomic E-state index is 12.2. The number of nitrogens with zero attached hydrogens (tertiary/aromatic N) is 1. The van der Waals surface area contributed by atoms with Crippen molar-refractivity contribution >= 4 is 5.97 Å². The maximum Gasteiger partial charge on any atom is 0.351 e. The minimum atomic E-state index is -0.706. The van der Waals surface area contributed by atoms with Gasteiger partial charge >= 0.3 is 5.97 Å². The standard InChI is InChI=1S/C16H21NO5/c1-12(10-17-6-8-19-9-7-17)21-16(18)15-11-20-13-4-2-3-5-14(13)22-15/h2-5,12,15H,6-11H2,1H3/t12-,15+/m0/s1. The average molecular weight is 307 g/mol. The van der Waals surface area contributed by atoms with E-state index in [4.69, 9.17) is 18.9 Å². The SMILES string of the molecule is C[C@@H](CN1CCOCC1)OC(=O)[C@H]1COc2ccccc2O1. The summed E-state index contributed by atoms with van der Waals surface area (Å²) < 4.78 is 22.0. The number of rotatable bonds is 4. The zero-order chi connectivity index (χ0) is 15.4. The number of hydrogen-bond donors (Lipinski definition) is 0. The molecule has 22 heavy (non-hydrogen) atoms. The first kappa shape index (κ1) is 15.1. The first-order valence-electron chi connectivity index (χ1n) is 7.61. The van der Waals surface area contributed by atoms with Gasteiger partial charge in [0, 0.05) is 19.6 Å². The Bertz CT molecular complexity index is 515. The van der Waals surface area contributed by atoms with E-state index in [1.807, 2.05) is 25.1 Å². The fraction of sp³-hybridized carbons (Fsp3) is 0.562. The minimum Gasteiger partial charge on any atom is -0.485 e. The van der Waals surface area contributed by atoms with Gasteiger partial charge < -0.3 is 18.9 Å². The second-order valence-electron chi connectivity index (χ2n) is 5.52. The van der Waals surface area contributed by atoms with Crippen LogP contribution in [0.5, 0.6) is 11.5 Å². The van der Waals surface area contributed by atoms with Crippen molar-refractivity contribution in [1.82, 2.24) is 4.90 Å². The van der Waals surface area contributed by atoms with Gasteiger partial charge in [0.1, 0.15) is 12.7 Å². The Balaban J connectivity index is 1.49. The van der Waals surface area contributed by atoms with Crippen molar-refractivity contribution in [2.45, 2.75) is 19.1 Å². The Labute approximate surface area is 129 Å². The van der Waals surface area contributed by atoms with Gasteiger partial charge in [-0.1, -0.05) is 12.1 Å². The van der Waals surface area contributed by atoms with Crippen molar-refractivity contribution in [3.63, 3.8) is 0 Å². The van der Waals surface area contributed by atoms with Gasteiger partial charge in [0.2, 0.25) is 6.10 Å². The lowest BCUT2D eigenvalue weighted by molar-refractivity contribution is -0.160. The lowest BCUT2D eigenvalue weighted by atomic mass is 10.2. The van der Waals surface area contributed by atoms with Gasteiger partial charge in [-0.25, -0.2) is 4.79 Å². The number of benzene rings is 1. The van der Waals surface area contributed by atoms with Crippen LogP contribution >= 0.6 is 0 Å². The summed E-state index contributed by atoms with van der Waals surface area (Å²) in [6.45, 7) is 6.00. The van der Waals surface area contributed by atoms with E-state index < -0.39 is 6.10 Å². The summed E-state index contributed by atoms with van der Waals surface area (Å²) in [5.41, 5.74) is 0. The molecule has 0 spiro atoms. The van der Waals surface area contributed by atoms with Crippen molar-refractivity contribution in [3.05, 3.63) is 24.3 Å². The third-order valence-corrected chi connectivity index (χ3v) is 3.71. The monoisotopic (exact) mass is 307 g/mol. The smallest absolute Gasteiger partial charge is 0.351 e. The van der Waals surface area contributed by atoms with Gasteiger partial charge in [0.25, 0.3) is 0 Å². The van der Waals surface area contributed by atoms with E-state index in [9.17, 15) is 4.79 Å². The summed E-state index contributed by atoms with van der Waals surface area (Å²) in [4.78, 5) is 14.4. The lowest BCUT2D eigenvalue weighted by Crippen LogP contribution is -2.44. The van der Waals surface area contributed by atoms with Crippen LogP contribution in [0.3, 0.4) is 0 Å². The van der Waals surface area contributed by atoms with E-state index in [-0.39, 0.29) is 18.7 Å². The molecule has 0 aromatic heterocycles. The van der Waals surface area contributed by atoms with E-state index in [1.165, 1.54) is 0 Å². The Kier molecular flexibility index (Phi) is 4.80. The first-order chi connectivity index (χ1) is 10.7. The molecule has 0 unspecified atom stereocenters. The fourth-order valence-electron chi connectivity index (χ4n) is 2.59. The molecule has 0 radical (unpaired) electrons. The van der Waals surface area contributed by atoms with Crippen LogP contribution < -0.4 is 9.47 Å². The number of carbonyl (C=O) groups excluding carboxylic acids is 1. The van der Waals surface area contributed by atoms with Crippen LogP contribution in [-0.2, 0) is 14.3 Å². The largest absolute Gasteiger partial charge is 0.485 e. The molecule has 0 bridgehead atoms. The van der Waals surface area contributed by atoms with Crippen LogP contribution in [0.15, 0.2) is 24.3 Å². The molecule has 2 aliphatic rings. The number of para-hydroxylation sites is 2. The molecule has 1 saturated heterocycles. The molecule has 2 heterocycles. The van der Waals surface area contributed by atoms with E-state index in [2.05, 4.69) is 4.90 Å². The van der Waals surface area contributed by atoms with Crippen molar-refractivity contribution in [1.29, 1.82) is 0 Å². The summed E-state index contributed by atoms with van der Waals surface area (Å²) >= 11 is 0. The zero-order valence-electron chi connectivity index (χ0n) is 12.7. The van der Waals surface area contributed by atoms with E-state index in [0.29, 0.717) is 18.0 Å². The molecule has 0 N–H and O–H groups in total. The van der Waals surface area contributed by atoms with Gasteiger partial charge in [0.15, 0.2) is 11.5 Å². The summed E-state index contributed by atoms with van der Waals surface area (Å²) in [5.74, 6) is 0.861. The quantitative estimate of drug-likeness (QED) is 0.776. The molecule has 1 fully saturated rings. The van der Waals surface area contributed by atoms with Gasteiger partial charge in [0.05, 0.1) is 13.2 Å². The van der Waals surface area contributed by atoms with Gasteiger partial charge in [-0.3, -0.25) is 4.90 Å². The summed E-state index contributed by atoms with van der Waals surface area (Å²) in [6.07, 6.45) is -0.895. The number of morpholine rings is 1. The van der Waals surface area contributed by atoms with Crippen LogP contribution in [0.25, 0.3) is 0 Å². The Morgan fingerprint density at radius 3 is 2.82 bits per heavy atom. The summed E-state index contributed by atoms with van der Waals surface area (Å²) in [5, 5.41) is 0. The van der Waals surface area contributed by atoms with Crippen molar-refractivity contribution < 1.29 is 23.7 Å². The van der Waals surface area contributed by atoms with E-state index in [1.54, 1.807) is 6.07 Å². The molecule has 0 saturated carbocycles. The summed E-state index contributed by atoms with van der Waals surface area (Å²) in [7, 11) is 0. The number of carbonyl (C=O) groups is 1. The van der Waals surface area contributed by atoms with Crippen LogP contribution in [0.4, 0.5) is 0 Å². The molecule has 0 amide bonds. The molecule has 120 valence electrons. The number of fused-ring (bicyclic) bond motifs is 1. The average Bonchev–Trinajstić information content (AvgIpc) is 2.55. The molecule has 1 aromatic carbocycles. The normalized spacial score (nSPS) is 22.9. The molecule has 3 rings (SSSR count). The predicted octanol–water partition coefficient (Wildman–Crippen LogP) is 1.09. The lowest BCUT2D eigenvalue weighted by Gasteiger charge is -2.30. The minimum absolute atomic E-state index is 0.181. The topological polar surface area (TPSA) is 57.2 Å². The second-order valence-corrected chi connectivity index (χ2v) is 5.52. The van der Waals surface area contributed by atoms with Crippen molar-refractivity contribution in [3.8, 4) is 11.5 Å². The molecule has 1 aromatic rings. The highest BCUT2D eigenvalue weighted by Gasteiger charge is 2.30. The van der Waals surface area contributed by atoms with Crippen LogP contribution in [-0.4, -0.2) is 62.5 Å². The first-order valence-corrected chi connectivity index (χ1v) is 7.61. The van der Waals surface area contributed by atoms with Gasteiger partial charge in [-0.05, 0) is 19.1 Å². The molecule has 2 atom stereocenters. The molecule has 0 aliphatic carbocycles. The van der Waals surface area contributed by atoms with Crippen molar-refractivity contribution in [2.24, 2.45) is 0 Å². The Morgan fingerprint density at radius 2 is 2.05 bits per heavy atom. The molecular weight excluding hydrogens is 286 g/mol. The summed E-state index contributed by atoms with van der Waals surface area (Å²) in [6, 6.07) is 7.31. The Morgan fingerprint density at radius 1 is 1.32 bits per heavy atom. The second kappa shape index (κ2) is 6.98. The zero-order valence-corrected chi connectivity index (χ0v) is 12.7.